The number of hydrogen-bond acceptors (Lipinski definition) is 7. The van der Waals surface area contributed by atoms with Gasteiger partial charge in [-0.3, -0.25) is 0 Å². The Morgan fingerprint density at radius 3 is 2.54 bits per heavy atom. The fourth-order valence-electron chi connectivity index (χ4n) is 3.28. The second-order valence-corrected chi connectivity index (χ2v) is 7.32. The highest BCUT2D eigenvalue weighted by molar-refractivity contribution is 5.41. The molecule has 4 rings (SSSR count). The van der Waals surface area contributed by atoms with Gasteiger partial charge in [0.05, 0.1) is 32.1 Å². The third kappa shape index (κ3) is 3.85. The van der Waals surface area contributed by atoms with Crippen LogP contribution in [0.1, 0.15) is 24.5 Å². The van der Waals surface area contributed by atoms with E-state index < -0.39 is 5.60 Å². The lowest BCUT2D eigenvalue weighted by molar-refractivity contribution is -0.0534. The third-order valence-electron chi connectivity index (χ3n) is 4.95. The summed E-state index contributed by atoms with van der Waals surface area (Å²) >= 11 is 0. The van der Waals surface area contributed by atoms with E-state index in [-0.39, 0.29) is 0 Å². The Bertz CT molecular complexity index is 535. The van der Waals surface area contributed by atoms with Gasteiger partial charge >= 0.3 is 0 Å². The Morgan fingerprint density at radius 1 is 1.17 bits per heavy atom. The van der Waals surface area contributed by atoms with Crippen LogP contribution < -0.4 is 10.2 Å². The summed E-state index contributed by atoms with van der Waals surface area (Å²) in [6.45, 7) is 5.12. The first kappa shape index (κ1) is 16.2. The summed E-state index contributed by atoms with van der Waals surface area (Å²) in [5.41, 5.74) is 0.225. The predicted octanol–water partition coefficient (Wildman–Crippen LogP) is 0.158. The minimum atomic E-state index is -0.913. The van der Waals surface area contributed by atoms with E-state index in [1.165, 1.54) is 12.8 Å². The third-order valence-corrected chi connectivity index (χ3v) is 4.95. The zero-order chi connectivity index (χ0) is 16.4. The lowest BCUT2D eigenvalue weighted by Gasteiger charge is -2.40. The summed E-state index contributed by atoms with van der Waals surface area (Å²) in [7, 11) is 0. The number of nitrogens with one attached hydrogen (secondary N) is 1. The van der Waals surface area contributed by atoms with E-state index in [0.717, 1.165) is 31.1 Å². The van der Waals surface area contributed by atoms with Crippen molar-refractivity contribution in [3.8, 4) is 0 Å². The Kier molecular flexibility index (Phi) is 4.67. The fraction of sp³-hybridized carbons (Fsp3) is 0.765. The Hall–Kier alpha value is -1.28. The van der Waals surface area contributed by atoms with E-state index in [1.807, 2.05) is 0 Å². The molecule has 3 fully saturated rings. The molecule has 2 saturated heterocycles. The summed E-state index contributed by atoms with van der Waals surface area (Å²) < 4.78 is 10.8. The minimum Gasteiger partial charge on any atom is -0.384 e. The van der Waals surface area contributed by atoms with E-state index in [1.54, 1.807) is 0 Å². The second-order valence-electron chi connectivity index (χ2n) is 7.32. The van der Waals surface area contributed by atoms with E-state index >= 15 is 0 Å². The van der Waals surface area contributed by atoms with Crippen molar-refractivity contribution in [2.24, 2.45) is 5.92 Å². The highest BCUT2D eigenvalue weighted by Gasteiger charge is 2.32. The molecule has 1 saturated carbocycles. The SMILES string of the molecule is OC1(CNCC2CN(c3ccc(C4CC4)nn3)C2)COCCOC1. The van der Waals surface area contributed by atoms with Gasteiger partial charge in [-0.25, -0.2) is 0 Å². The molecule has 2 N–H and O–H groups in total. The minimum absolute atomic E-state index is 0.333. The smallest absolute Gasteiger partial charge is 0.151 e. The van der Waals surface area contributed by atoms with Crippen molar-refractivity contribution >= 4 is 5.82 Å². The number of aliphatic hydroxyl groups is 1. The molecule has 3 heterocycles. The zero-order valence-electron chi connectivity index (χ0n) is 14.0. The molecule has 1 aromatic rings. The van der Waals surface area contributed by atoms with E-state index in [2.05, 4.69) is 32.5 Å². The average molecular weight is 334 g/mol. The number of ether oxygens (including phenoxy) is 2. The molecule has 24 heavy (non-hydrogen) atoms. The van der Waals surface area contributed by atoms with Gasteiger partial charge in [0.2, 0.25) is 0 Å². The van der Waals surface area contributed by atoms with Crippen molar-refractivity contribution in [3.63, 3.8) is 0 Å². The monoisotopic (exact) mass is 334 g/mol. The molecule has 0 amide bonds. The summed E-state index contributed by atoms with van der Waals surface area (Å²) in [4.78, 5) is 2.25. The van der Waals surface area contributed by atoms with Crippen LogP contribution in [0.4, 0.5) is 5.82 Å². The number of nitrogens with zero attached hydrogens (tertiary/aromatic N) is 3. The van der Waals surface area contributed by atoms with Gasteiger partial charge in [0, 0.05) is 38.0 Å². The highest BCUT2D eigenvalue weighted by Crippen LogP contribution is 2.38. The number of hydrogen-bond donors (Lipinski definition) is 2. The summed E-state index contributed by atoms with van der Waals surface area (Å²) in [6.07, 6.45) is 2.52. The molecule has 0 radical (unpaired) electrons. The number of aromatic nitrogens is 2. The maximum Gasteiger partial charge on any atom is 0.151 e. The normalized spacial score (nSPS) is 24.5. The molecule has 7 heteroatoms. The van der Waals surface area contributed by atoms with Crippen molar-refractivity contribution in [2.75, 3.05) is 57.5 Å². The van der Waals surface area contributed by atoms with Gasteiger partial charge in [-0.15, -0.1) is 5.10 Å². The Labute approximate surface area is 142 Å². The van der Waals surface area contributed by atoms with E-state index in [9.17, 15) is 5.11 Å². The number of rotatable bonds is 6. The molecular formula is C17H26N4O3. The van der Waals surface area contributed by atoms with Gasteiger partial charge in [0.1, 0.15) is 5.60 Å². The van der Waals surface area contributed by atoms with Gasteiger partial charge in [-0.2, -0.15) is 5.10 Å². The van der Waals surface area contributed by atoms with Crippen molar-refractivity contribution in [2.45, 2.75) is 24.4 Å². The van der Waals surface area contributed by atoms with Crippen LogP contribution in [0.2, 0.25) is 0 Å². The van der Waals surface area contributed by atoms with Crippen molar-refractivity contribution in [1.82, 2.24) is 15.5 Å². The van der Waals surface area contributed by atoms with Crippen LogP contribution in [0.3, 0.4) is 0 Å². The van der Waals surface area contributed by atoms with E-state index in [0.29, 0.717) is 44.8 Å². The Balaban J connectivity index is 1.17. The first-order valence-corrected chi connectivity index (χ1v) is 8.89. The highest BCUT2D eigenvalue weighted by atomic mass is 16.6. The molecule has 132 valence electrons. The van der Waals surface area contributed by atoms with E-state index in [4.69, 9.17) is 9.47 Å². The standard InChI is InChI=1S/C17H26N4O3/c22-17(11-23-5-6-24-12-17)10-18-7-13-8-21(9-13)16-4-3-15(19-20-16)14-1-2-14/h3-4,13-14,18,22H,1-2,5-12H2. The summed E-state index contributed by atoms with van der Waals surface area (Å²) in [5.74, 6) is 2.20. The quantitative estimate of drug-likeness (QED) is 0.767. The molecule has 0 bridgehead atoms. The van der Waals surface area contributed by atoms with Crippen molar-refractivity contribution in [3.05, 3.63) is 17.8 Å². The van der Waals surface area contributed by atoms with Crippen LogP contribution in [0.25, 0.3) is 0 Å². The lowest BCUT2D eigenvalue weighted by Crippen LogP contribution is -2.54. The molecule has 1 aromatic heterocycles. The molecule has 2 aliphatic heterocycles. The predicted molar refractivity (Wildman–Crippen MR) is 89.2 cm³/mol. The maximum atomic E-state index is 10.4. The first-order valence-electron chi connectivity index (χ1n) is 8.89. The molecular weight excluding hydrogens is 308 g/mol. The maximum absolute atomic E-state index is 10.4. The van der Waals surface area contributed by atoms with Crippen LogP contribution in [-0.2, 0) is 9.47 Å². The van der Waals surface area contributed by atoms with Gasteiger partial charge in [-0.05, 0) is 25.0 Å². The molecule has 7 nitrogen and oxygen atoms in total. The first-order chi connectivity index (χ1) is 11.7. The van der Waals surface area contributed by atoms with Crippen LogP contribution >= 0.6 is 0 Å². The average Bonchev–Trinajstić information content (AvgIpc) is 3.38. The van der Waals surface area contributed by atoms with Crippen LogP contribution in [0.15, 0.2) is 12.1 Å². The zero-order valence-corrected chi connectivity index (χ0v) is 14.0. The molecule has 0 unspecified atom stereocenters. The van der Waals surface area contributed by atoms with Crippen LogP contribution in [-0.4, -0.2) is 73.5 Å². The molecule has 0 aromatic carbocycles. The van der Waals surface area contributed by atoms with Crippen molar-refractivity contribution in [1.29, 1.82) is 0 Å². The van der Waals surface area contributed by atoms with Gasteiger partial charge < -0.3 is 24.8 Å². The van der Waals surface area contributed by atoms with Crippen LogP contribution in [0.5, 0.6) is 0 Å². The van der Waals surface area contributed by atoms with Crippen LogP contribution in [0, 0.1) is 5.92 Å². The molecule has 0 atom stereocenters. The number of anilines is 1. The summed E-state index contributed by atoms with van der Waals surface area (Å²) in [5, 5.41) is 22.5. The van der Waals surface area contributed by atoms with Gasteiger partial charge in [0.25, 0.3) is 0 Å². The second kappa shape index (κ2) is 6.92. The van der Waals surface area contributed by atoms with Crippen molar-refractivity contribution < 1.29 is 14.6 Å². The molecule has 0 spiro atoms. The topological polar surface area (TPSA) is 79.7 Å². The lowest BCUT2D eigenvalue weighted by atomic mass is 9.99. The molecule has 1 aliphatic carbocycles. The van der Waals surface area contributed by atoms with Gasteiger partial charge in [-0.1, -0.05) is 0 Å². The fourth-order valence-corrected chi connectivity index (χ4v) is 3.28. The van der Waals surface area contributed by atoms with Gasteiger partial charge in [0.15, 0.2) is 5.82 Å². The molecule has 3 aliphatic rings. The largest absolute Gasteiger partial charge is 0.384 e. The Morgan fingerprint density at radius 2 is 1.92 bits per heavy atom. The summed E-state index contributed by atoms with van der Waals surface area (Å²) in [6, 6.07) is 4.21.